The van der Waals surface area contributed by atoms with Crippen LogP contribution < -0.4 is 5.56 Å². The highest BCUT2D eigenvalue weighted by molar-refractivity contribution is 7.13. The largest absolute Gasteiger partial charge is 0.321 e. The lowest BCUT2D eigenvalue weighted by atomic mass is 9.94. The van der Waals surface area contributed by atoms with Crippen LogP contribution in [0.15, 0.2) is 101 Å². The Labute approximate surface area is 178 Å². The fourth-order valence-electron chi connectivity index (χ4n) is 3.62. The van der Waals surface area contributed by atoms with Crippen LogP contribution in [-0.4, -0.2) is 4.98 Å². The van der Waals surface area contributed by atoms with E-state index in [1.54, 1.807) is 11.3 Å². The molecule has 2 heterocycles. The van der Waals surface area contributed by atoms with Crippen LogP contribution in [0.5, 0.6) is 0 Å². The van der Waals surface area contributed by atoms with Gasteiger partial charge in [0.05, 0.1) is 5.56 Å². The number of hydrogen-bond donors (Lipinski definition) is 1. The predicted molar refractivity (Wildman–Crippen MR) is 126 cm³/mol. The minimum atomic E-state index is -0.0769. The third-order valence-corrected chi connectivity index (χ3v) is 5.85. The lowest BCUT2D eigenvalue weighted by Crippen LogP contribution is -2.10. The van der Waals surface area contributed by atoms with Gasteiger partial charge in [0.25, 0.3) is 5.56 Å². The van der Waals surface area contributed by atoms with E-state index in [4.69, 9.17) is 0 Å². The summed E-state index contributed by atoms with van der Waals surface area (Å²) in [4.78, 5) is 17.0. The predicted octanol–water partition coefficient (Wildman–Crippen LogP) is 6.32. The maximum atomic E-state index is 13.0. The van der Waals surface area contributed by atoms with Crippen molar-refractivity contribution in [2.75, 3.05) is 0 Å². The van der Waals surface area contributed by atoms with E-state index in [1.807, 2.05) is 84.2 Å². The Morgan fingerprint density at radius 3 is 2.30 bits per heavy atom. The molecule has 2 aromatic heterocycles. The summed E-state index contributed by atoms with van der Waals surface area (Å²) in [6.07, 6.45) is 0. The van der Waals surface area contributed by atoms with Gasteiger partial charge in [-0.25, -0.2) is 0 Å². The van der Waals surface area contributed by atoms with Crippen LogP contribution in [-0.2, 0) is 0 Å². The van der Waals surface area contributed by atoms with Gasteiger partial charge in [-0.2, -0.15) is 0 Å². The molecular formula is C27H17NOS. The molecule has 0 amide bonds. The molecule has 30 heavy (non-hydrogen) atoms. The molecule has 5 aromatic rings. The summed E-state index contributed by atoms with van der Waals surface area (Å²) in [5.41, 5.74) is 5.28. The molecule has 0 saturated carbocycles. The molecule has 0 atom stereocenters. The maximum absolute atomic E-state index is 13.0. The summed E-state index contributed by atoms with van der Waals surface area (Å²) in [6, 6.07) is 30.0. The van der Waals surface area contributed by atoms with Gasteiger partial charge >= 0.3 is 0 Å². The van der Waals surface area contributed by atoms with E-state index in [1.165, 1.54) is 0 Å². The van der Waals surface area contributed by atoms with E-state index in [-0.39, 0.29) is 5.56 Å². The zero-order valence-electron chi connectivity index (χ0n) is 16.1. The van der Waals surface area contributed by atoms with Crippen molar-refractivity contribution >= 4 is 22.2 Å². The Kier molecular flexibility index (Phi) is 4.77. The molecule has 0 fully saturated rings. The van der Waals surface area contributed by atoms with E-state index in [9.17, 15) is 4.79 Å². The van der Waals surface area contributed by atoms with Crippen molar-refractivity contribution in [3.63, 3.8) is 0 Å². The van der Waals surface area contributed by atoms with Gasteiger partial charge in [0.2, 0.25) is 0 Å². The van der Waals surface area contributed by atoms with Gasteiger partial charge in [-0.05, 0) is 47.3 Å². The van der Waals surface area contributed by atoms with Gasteiger partial charge in [0, 0.05) is 32.5 Å². The van der Waals surface area contributed by atoms with Crippen LogP contribution in [0.1, 0.15) is 11.1 Å². The number of thiophene rings is 1. The van der Waals surface area contributed by atoms with Crippen LogP contribution in [0.3, 0.4) is 0 Å². The fourth-order valence-corrected chi connectivity index (χ4v) is 4.39. The minimum absolute atomic E-state index is 0.0769. The number of rotatable bonds is 2. The smallest absolute Gasteiger partial charge is 0.257 e. The quantitative estimate of drug-likeness (QED) is 0.344. The Balaban J connectivity index is 1.73. The van der Waals surface area contributed by atoms with Crippen LogP contribution in [0.4, 0.5) is 0 Å². The van der Waals surface area contributed by atoms with Crippen molar-refractivity contribution in [2.24, 2.45) is 0 Å². The van der Waals surface area contributed by atoms with Crippen molar-refractivity contribution in [2.45, 2.75) is 0 Å². The average Bonchev–Trinajstić information content (AvgIpc) is 3.32. The van der Waals surface area contributed by atoms with E-state index >= 15 is 0 Å². The first-order valence-electron chi connectivity index (χ1n) is 9.66. The van der Waals surface area contributed by atoms with Gasteiger partial charge in [0.15, 0.2) is 0 Å². The van der Waals surface area contributed by atoms with Crippen LogP contribution in [0.2, 0.25) is 0 Å². The lowest BCUT2D eigenvalue weighted by Gasteiger charge is -2.12. The first-order chi connectivity index (χ1) is 14.8. The Morgan fingerprint density at radius 1 is 0.700 bits per heavy atom. The second-order valence-electron chi connectivity index (χ2n) is 6.92. The highest BCUT2D eigenvalue weighted by Gasteiger charge is 2.17. The molecule has 1 N–H and O–H groups in total. The number of hydrogen-bond acceptors (Lipinski definition) is 2. The van der Waals surface area contributed by atoms with Crippen molar-refractivity contribution in [1.29, 1.82) is 0 Å². The highest BCUT2D eigenvalue weighted by Crippen LogP contribution is 2.36. The first kappa shape index (κ1) is 18.2. The van der Waals surface area contributed by atoms with E-state index in [0.717, 1.165) is 38.0 Å². The molecule has 3 heteroatoms. The van der Waals surface area contributed by atoms with Crippen LogP contribution in [0, 0.1) is 11.8 Å². The molecule has 142 valence electrons. The zero-order valence-corrected chi connectivity index (χ0v) is 16.9. The number of fused-ring (bicyclic) bond motifs is 1. The summed E-state index contributed by atoms with van der Waals surface area (Å²) in [5, 5.41) is 3.02. The normalized spacial score (nSPS) is 10.5. The van der Waals surface area contributed by atoms with Gasteiger partial charge in [0.1, 0.15) is 0 Å². The Hall–Kier alpha value is -3.87. The molecule has 0 saturated heterocycles. The molecule has 5 rings (SSSR count). The van der Waals surface area contributed by atoms with Gasteiger partial charge < -0.3 is 4.98 Å². The Bertz CT molecular complexity index is 1450. The number of nitrogens with one attached hydrogen (secondary N) is 1. The summed E-state index contributed by atoms with van der Waals surface area (Å²) < 4.78 is 0. The van der Waals surface area contributed by atoms with Crippen molar-refractivity contribution in [3.05, 3.63) is 118 Å². The number of benzene rings is 3. The monoisotopic (exact) mass is 403 g/mol. The number of aromatic nitrogens is 1. The maximum Gasteiger partial charge on any atom is 0.257 e. The molecule has 3 aromatic carbocycles. The van der Waals surface area contributed by atoms with Crippen molar-refractivity contribution < 1.29 is 0 Å². The topological polar surface area (TPSA) is 32.9 Å². The summed E-state index contributed by atoms with van der Waals surface area (Å²) >= 11 is 1.57. The molecular weight excluding hydrogens is 386 g/mol. The lowest BCUT2D eigenvalue weighted by molar-refractivity contribution is 1.31. The standard InChI is InChI=1S/C27H17NOS/c29-27-26(24-14-7-17-30-24)25(22-12-4-5-13-23(22)28-27)21-11-6-10-20(18-21)16-15-19-8-2-1-3-9-19/h1-14,17-18H,(H,28,29). The first-order valence-corrected chi connectivity index (χ1v) is 10.5. The molecule has 0 unspecified atom stereocenters. The average molecular weight is 404 g/mol. The summed E-state index contributed by atoms with van der Waals surface area (Å²) in [7, 11) is 0. The SMILES string of the molecule is O=c1[nH]c2ccccc2c(-c2cccc(C#Cc3ccccc3)c2)c1-c1cccs1. The fraction of sp³-hybridized carbons (Fsp3) is 0. The molecule has 0 spiro atoms. The molecule has 0 aliphatic rings. The second-order valence-corrected chi connectivity index (χ2v) is 7.87. The van der Waals surface area contributed by atoms with Crippen molar-refractivity contribution in [1.82, 2.24) is 4.98 Å². The van der Waals surface area contributed by atoms with E-state index < -0.39 is 0 Å². The summed E-state index contributed by atoms with van der Waals surface area (Å²) in [5.74, 6) is 6.47. The number of para-hydroxylation sites is 1. The van der Waals surface area contributed by atoms with Crippen LogP contribution in [0.25, 0.3) is 32.5 Å². The number of pyridine rings is 1. The molecule has 2 nitrogen and oxygen atoms in total. The molecule has 0 aliphatic carbocycles. The summed E-state index contributed by atoms with van der Waals surface area (Å²) in [6.45, 7) is 0. The molecule has 0 bridgehead atoms. The third kappa shape index (κ3) is 3.45. The molecule has 0 radical (unpaired) electrons. The van der Waals surface area contributed by atoms with Gasteiger partial charge in [-0.15, -0.1) is 11.3 Å². The van der Waals surface area contributed by atoms with Crippen molar-refractivity contribution in [3.8, 4) is 33.4 Å². The van der Waals surface area contributed by atoms with Gasteiger partial charge in [-0.1, -0.05) is 66.4 Å². The van der Waals surface area contributed by atoms with Gasteiger partial charge in [-0.3, -0.25) is 4.79 Å². The minimum Gasteiger partial charge on any atom is -0.321 e. The third-order valence-electron chi connectivity index (χ3n) is 4.97. The number of aromatic amines is 1. The van der Waals surface area contributed by atoms with E-state index in [2.05, 4.69) is 29.0 Å². The second kappa shape index (κ2) is 7.87. The zero-order chi connectivity index (χ0) is 20.3. The van der Waals surface area contributed by atoms with E-state index in [0.29, 0.717) is 5.56 Å². The van der Waals surface area contributed by atoms with Crippen LogP contribution >= 0.6 is 11.3 Å². The molecule has 0 aliphatic heterocycles. The highest BCUT2D eigenvalue weighted by atomic mass is 32.1. The Morgan fingerprint density at radius 2 is 1.47 bits per heavy atom. The number of H-pyrrole nitrogens is 1.